The SMILES string of the molecule is N#Cc1cccc(-c2ccccc2-c2ccccc2-c2ccccc2-c2cc(-n3c4ccc(C#N)cc4c4cc(C#N)ccc43)nc(-n3c4ccccc4c4cccnc43)c2)c1. The lowest BCUT2D eigenvalue weighted by Crippen LogP contribution is -2.05. The largest absolute Gasteiger partial charge is 0.294 e. The molecule has 11 rings (SSSR count). The van der Waals surface area contributed by atoms with E-state index in [4.69, 9.17) is 9.97 Å². The molecular formula is C55H31N7. The number of fused-ring (bicyclic) bond motifs is 6. The molecule has 11 aromatic rings. The zero-order chi connectivity index (χ0) is 41.7. The van der Waals surface area contributed by atoms with E-state index >= 15 is 0 Å². The number of nitrogens with zero attached hydrogens (tertiary/aromatic N) is 7. The second kappa shape index (κ2) is 14.6. The van der Waals surface area contributed by atoms with Crippen LogP contribution in [0.4, 0.5) is 0 Å². The standard InChI is InChI=1S/C55H31N7/c56-32-35-11-9-12-38(27-35)40-13-1-3-15-42(40)44-17-5-6-18-45(44)43-16-4-2-14-41(43)39-30-53(60-54(31-39)62-50-21-8-7-19-46(50)47-20-10-26-59-55(47)62)61-51-24-22-36(33-57)28-48(51)49-29-37(34-58)23-25-52(49)61/h1-31H. The summed E-state index contributed by atoms with van der Waals surface area (Å²) >= 11 is 0. The maximum atomic E-state index is 9.94. The Balaban J connectivity index is 1.20. The van der Waals surface area contributed by atoms with Gasteiger partial charge in [0.1, 0.15) is 17.3 Å². The smallest absolute Gasteiger partial charge is 0.146 e. The number of nitriles is 3. The molecule has 0 aliphatic heterocycles. The number of hydrogen-bond donors (Lipinski definition) is 0. The van der Waals surface area contributed by atoms with Crippen LogP contribution in [0.15, 0.2) is 188 Å². The highest BCUT2D eigenvalue weighted by atomic mass is 15.2. The molecule has 7 aromatic carbocycles. The van der Waals surface area contributed by atoms with Gasteiger partial charge in [-0.2, -0.15) is 15.8 Å². The van der Waals surface area contributed by atoms with Crippen LogP contribution in [0.25, 0.3) is 99.9 Å². The van der Waals surface area contributed by atoms with E-state index in [0.717, 1.165) is 88.2 Å². The summed E-state index contributed by atoms with van der Waals surface area (Å²) in [5, 5.41) is 33.4. The zero-order valence-corrected chi connectivity index (χ0v) is 33.0. The summed E-state index contributed by atoms with van der Waals surface area (Å²) in [6.07, 6.45) is 1.82. The van der Waals surface area contributed by atoms with Gasteiger partial charge in [0, 0.05) is 27.7 Å². The number of para-hydroxylation sites is 1. The van der Waals surface area contributed by atoms with E-state index in [0.29, 0.717) is 28.3 Å². The van der Waals surface area contributed by atoms with Gasteiger partial charge in [-0.25, -0.2) is 9.97 Å². The summed E-state index contributed by atoms with van der Waals surface area (Å²) in [7, 11) is 0. The summed E-state index contributed by atoms with van der Waals surface area (Å²) in [6, 6.07) is 67.9. The first-order chi connectivity index (χ1) is 30.6. The molecule has 0 bridgehead atoms. The number of pyridine rings is 2. The number of benzene rings is 7. The summed E-state index contributed by atoms with van der Waals surface area (Å²) in [4.78, 5) is 10.4. The number of aromatic nitrogens is 4. The van der Waals surface area contributed by atoms with Crippen LogP contribution in [0.5, 0.6) is 0 Å². The Bertz CT molecular complexity index is 3630. The Hall–Kier alpha value is -9.09. The third-order valence-corrected chi connectivity index (χ3v) is 11.7. The van der Waals surface area contributed by atoms with Crippen molar-refractivity contribution in [2.45, 2.75) is 0 Å². The van der Waals surface area contributed by atoms with Crippen LogP contribution in [0.2, 0.25) is 0 Å². The minimum Gasteiger partial charge on any atom is -0.294 e. The van der Waals surface area contributed by atoms with E-state index in [1.54, 1.807) is 0 Å². The zero-order valence-electron chi connectivity index (χ0n) is 33.0. The van der Waals surface area contributed by atoms with Gasteiger partial charge in [-0.05, 0) is 123 Å². The quantitative estimate of drug-likeness (QED) is 0.167. The minimum absolute atomic E-state index is 0.532. The van der Waals surface area contributed by atoms with Crippen molar-refractivity contribution in [1.82, 2.24) is 19.1 Å². The van der Waals surface area contributed by atoms with Gasteiger partial charge in [-0.1, -0.05) is 103 Å². The lowest BCUT2D eigenvalue weighted by atomic mass is 9.86. The van der Waals surface area contributed by atoms with Crippen molar-refractivity contribution in [3.05, 3.63) is 205 Å². The van der Waals surface area contributed by atoms with Crippen LogP contribution >= 0.6 is 0 Å². The van der Waals surface area contributed by atoms with Crippen LogP contribution < -0.4 is 0 Å². The molecule has 0 unspecified atom stereocenters. The second-order valence-electron chi connectivity index (χ2n) is 15.2. The molecule has 7 nitrogen and oxygen atoms in total. The molecule has 62 heavy (non-hydrogen) atoms. The minimum atomic E-state index is 0.532. The highest BCUT2D eigenvalue weighted by Crippen LogP contribution is 2.43. The van der Waals surface area contributed by atoms with E-state index in [1.165, 1.54) is 0 Å². The van der Waals surface area contributed by atoms with Crippen molar-refractivity contribution in [2.24, 2.45) is 0 Å². The summed E-state index contributed by atoms with van der Waals surface area (Å²) < 4.78 is 4.26. The average Bonchev–Trinajstić information content (AvgIpc) is 3.86. The first kappa shape index (κ1) is 36.0. The number of rotatable bonds is 6. The summed E-state index contributed by atoms with van der Waals surface area (Å²) in [6.45, 7) is 0. The monoisotopic (exact) mass is 789 g/mol. The van der Waals surface area contributed by atoms with Crippen molar-refractivity contribution in [3.63, 3.8) is 0 Å². The molecular weight excluding hydrogens is 759 g/mol. The van der Waals surface area contributed by atoms with Crippen LogP contribution in [-0.4, -0.2) is 19.1 Å². The van der Waals surface area contributed by atoms with Crippen molar-refractivity contribution in [1.29, 1.82) is 15.8 Å². The highest BCUT2D eigenvalue weighted by molar-refractivity contribution is 6.11. The molecule has 286 valence electrons. The lowest BCUT2D eigenvalue weighted by molar-refractivity contribution is 1.00. The average molecular weight is 790 g/mol. The normalized spacial score (nSPS) is 11.2. The predicted octanol–water partition coefficient (Wildman–Crippen LogP) is 13.0. The van der Waals surface area contributed by atoms with Crippen LogP contribution in [-0.2, 0) is 0 Å². The molecule has 0 saturated carbocycles. The van der Waals surface area contributed by atoms with Gasteiger partial charge in [0.25, 0.3) is 0 Å². The Morgan fingerprint density at radius 2 is 0.839 bits per heavy atom. The maximum absolute atomic E-state index is 9.94. The summed E-state index contributed by atoms with van der Waals surface area (Å²) in [5.41, 5.74) is 13.3. The van der Waals surface area contributed by atoms with Crippen LogP contribution in [0.1, 0.15) is 16.7 Å². The number of hydrogen-bond acceptors (Lipinski definition) is 5. The Labute approximate surface area is 356 Å². The summed E-state index contributed by atoms with van der Waals surface area (Å²) in [5.74, 6) is 1.35. The van der Waals surface area contributed by atoms with E-state index in [1.807, 2.05) is 85.1 Å². The molecule has 0 N–H and O–H groups in total. The van der Waals surface area contributed by atoms with Gasteiger partial charge in [-0.15, -0.1) is 0 Å². The molecule has 0 amide bonds. The van der Waals surface area contributed by atoms with E-state index in [2.05, 4.69) is 130 Å². The molecule has 4 aromatic heterocycles. The Morgan fingerprint density at radius 3 is 1.45 bits per heavy atom. The van der Waals surface area contributed by atoms with Crippen LogP contribution in [0.3, 0.4) is 0 Å². The van der Waals surface area contributed by atoms with Gasteiger partial charge in [-0.3, -0.25) is 9.13 Å². The fourth-order valence-corrected chi connectivity index (χ4v) is 8.97. The molecule has 0 atom stereocenters. The molecule has 0 fully saturated rings. The fourth-order valence-electron chi connectivity index (χ4n) is 8.97. The Kier molecular flexibility index (Phi) is 8.50. The molecule has 0 aliphatic carbocycles. The van der Waals surface area contributed by atoms with Crippen molar-refractivity contribution >= 4 is 43.7 Å². The predicted molar refractivity (Wildman–Crippen MR) is 247 cm³/mol. The van der Waals surface area contributed by atoms with E-state index in [9.17, 15) is 15.8 Å². The molecule has 0 spiro atoms. The molecule has 0 aliphatic rings. The Morgan fingerprint density at radius 1 is 0.355 bits per heavy atom. The van der Waals surface area contributed by atoms with Gasteiger partial charge in [0.05, 0.1) is 51.4 Å². The molecule has 4 heterocycles. The maximum Gasteiger partial charge on any atom is 0.146 e. The highest BCUT2D eigenvalue weighted by Gasteiger charge is 2.22. The fraction of sp³-hybridized carbons (Fsp3) is 0. The van der Waals surface area contributed by atoms with E-state index < -0.39 is 0 Å². The van der Waals surface area contributed by atoms with Crippen molar-refractivity contribution < 1.29 is 0 Å². The first-order valence-electron chi connectivity index (χ1n) is 20.2. The van der Waals surface area contributed by atoms with Gasteiger partial charge < -0.3 is 0 Å². The third kappa shape index (κ3) is 5.80. The van der Waals surface area contributed by atoms with E-state index in [-0.39, 0.29) is 0 Å². The van der Waals surface area contributed by atoms with Crippen molar-refractivity contribution in [2.75, 3.05) is 0 Å². The second-order valence-corrected chi connectivity index (χ2v) is 15.2. The van der Waals surface area contributed by atoms with Gasteiger partial charge in [0.15, 0.2) is 0 Å². The molecule has 0 radical (unpaired) electrons. The van der Waals surface area contributed by atoms with Crippen LogP contribution in [0, 0.1) is 34.0 Å². The van der Waals surface area contributed by atoms with Gasteiger partial charge in [0.2, 0.25) is 0 Å². The first-order valence-corrected chi connectivity index (χ1v) is 20.2. The van der Waals surface area contributed by atoms with Crippen molar-refractivity contribution in [3.8, 4) is 74.4 Å². The molecule has 0 saturated heterocycles. The topological polar surface area (TPSA) is 107 Å². The molecule has 7 heteroatoms. The lowest BCUT2D eigenvalue weighted by Gasteiger charge is -2.19. The van der Waals surface area contributed by atoms with Gasteiger partial charge >= 0.3 is 0 Å². The third-order valence-electron chi connectivity index (χ3n) is 11.7.